The van der Waals surface area contributed by atoms with Gasteiger partial charge in [0.2, 0.25) is 0 Å². The number of hydrogen-bond donors (Lipinski definition) is 0. The SMILES string of the molecule is COC[C@@]12CCC[C@@H]1CN(Cc1ccoc1)C2. The highest BCUT2D eigenvalue weighted by atomic mass is 16.5. The van der Waals surface area contributed by atoms with Gasteiger partial charge in [-0.05, 0) is 24.8 Å². The zero-order valence-electron chi connectivity index (χ0n) is 10.5. The van der Waals surface area contributed by atoms with Crippen molar-refractivity contribution in [3.63, 3.8) is 0 Å². The van der Waals surface area contributed by atoms with Gasteiger partial charge in [-0.2, -0.15) is 0 Å². The summed E-state index contributed by atoms with van der Waals surface area (Å²) in [6.07, 6.45) is 7.72. The molecule has 3 rings (SSSR count). The second-order valence-electron chi connectivity index (χ2n) is 5.69. The van der Waals surface area contributed by atoms with Crippen LogP contribution in [0.4, 0.5) is 0 Å². The number of ether oxygens (including phenoxy) is 1. The van der Waals surface area contributed by atoms with Crippen molar-refractivity contribution in [3.05, 3.63) is 24.2 Å². The van der Waals surface area contributed by atoms with E-state index < -0.39 is 0 Å². The molecule has 0 unspecified atom stereocenters. The second kappa shape index (κ2) is 4.46. The summed E-state index contributed by atoms with van der Waals surface area (Å²) in [5.41, 5.74) is 1.73. The van der Waals surface area contributed by atoms with Gasteiger partial charge in [0.15, 0.2) is 0 Å². The number of hydrogen-bond acceptors (Lipinski definition) is 3. The Balaban J connectivity index is 1.67. The Morgan fingerprint density at radius 3 is 3.29 bits per heavy atom. The molecule has 1 aliphatic carbocycles. The summed E-state index contributed by atoms with van der Waals surface area (Å²) >= 11 is 0. The van der Waals surface area contributed by atoms with Gasteiger partial charge in [0, 0.05) is 37.7 Å². The van der Waals surface area contributed by atoms with Gasteiger partial charge in [0.1, 0.15) is 0 Å². The minimum Gasteiger partial charge on any atom is -0.472 e. The minimum absolute atomic E-state index is 0.443. The van der Waals surface area contributed by atoms with Gasteiger partial charge in [0.25, 0.3) is 0 Å². The van der Waals surface area contributed by atoms with Gasteiger partial charge in [-0.15, -0.1) is 0 Å². The first-order valence-corrected chi connectivity index (χ1v) is 6.55. The van der Waals surface area contributed by atoms with Crippen LogP contribution in [0.2, 0.25) is 0 Å². The Bertz CT molecular complexity index is 362. The lowest BCUT2D eigenvalue weighted by Gasteiger charge is -2.27. The molecule has 3 heteroatoms. The molecular weight excluding hydrogens is 214 g/mol. The van der Waals surface area contributed by atoms with E-state index in [0.717, 1.165) is 19.1 Å². The highest BCUT2D eigenvalue weighted by Crippen LogP contribution is 2.49. The molecule has 0 bridgehead atoms. The monoisotopic (exact) mass is 235 g/mol. The molecule has 2 atom stereocenters. The third-order valence-corrected chi connectivity index (χ3v) is 4.53. The molecule has 2 heterocycles. The minimum atomic E-state index is 0.443. The van der Waals surface area contributed by atoms with Crippen LogP contribution >= 0.6 is 0 Å². The molecule has 0 spiro atoms. The average molecular weight is 235 g/mol. The van der Waals surface area contributed by atoms with Crippen molar-refractivity contribution >= 4 is 0 Å². The molecule has 1 aliphatic heterocycles. The average Bonchev–Trinajstić information content (AvgIpc) is 2.94. The fourth-order valence-corrected chi connectivity index (χ4v) is 3.81. The number of fused-ring (bicyclic) bond motifs is 1. The normalized spacial score (nSPS) is 33.1. The Morgan fingerprint density at radius 2 is 2.53 bits per heavy atom. The van der Waals surface area contributed by atoms with Crippen molar-refractivity contribution in [3.8, 4) is 0 Å². The van der Waals surface area contributed by atoms with Crippen LogP contribution in [-0.4, -0.2) is 31.7 Å². The van der Waals surface area contributed by atoms with E-state index in [0.29, 0.717) is 5.41 Å². The lowest BCUT2D eigenvalue weighted by atomic mass is 9.82. The number of furan rings is 1. The van der Waals surface area contributed by atoms with E-state index in [1.54, 1.807) is 6.26 Å². The molecule has 1 aromatic heterocycles. The zero-order valence-corrected chi connectivity index (χ0v) is 10.5. The van der Waals surface area contributed by atoms with Crippen molar-refractivity contribution < 1.29 is 9.15 Å². The molecule has 1 saturated carbocycles. The largest absolute Gasteiger partial charge is 0.472 e. The van der Waals surface area contributed by atoms with Crippen molar-refractivity contribution in [1.29, 1.82) is 0 Å². The highest BCUT2D eigenvalue weighted by molar-refractivity contribution is 5.08. The summed E-state index contributed by atoms with van der Waals surface area (Å²) in [7, 11) is 1.84. The van der Waals surface area contributed by atoms with Crippen molar-refractivity contribution in [1.82, 2.24) is 4.90 Å². The highest BCUT2D eigenvalue weighted by Gasteiger charge is 2.49. The quantitative estimate of drug-likeness (QED) is 0.802. The van der Waals surface area contributed by atoms with Crippen molar-refractivity contribution in [2.45, 2.75) is 25.8 Å². The van der Waals surface area contributed by atoms with Crippen molar-refractivity contribution in [2.75, 3.05) is 26.8 Å². The fraction of sp³-hybridized carbons (Fsp3) is 0.714. The van der Waals surface area contributed by atoms with E-state index in [1.807, 2.05) is 13.4 Å². The molecule has 0 N–H and O–H groups in total. The Morgan fingerprint density at radius 1 is 1.59 bits per heavy atom. The molecule has 17 heavy (non-hydrogen) atoms. The van der Waals surface area contributed by atoms with Crippen LogP contribution in [0.25, 0.3) is 0 Å². The lowest BCUT2D eigenvalue weighted by molar-refractivity contribution is 0.0699. The first kappa shape index (κ1) is 11.3. The Labute approximate surface area is 103 Å². The molecule has 0 radical (unpaired) electrons. The molecular formula is C14H21NO2. The summed E-state index contributed by atoms with van der Waals surface area (Å²) in [4.78, 5) is 2.56. The molecule has 1 saturated heterocycles. The number of rotatable bonds is 4. The molecule has 3 nitrogen and oxygen atoms in total. The third-order valence-electron chi connectivity index (χ3n) is 4.53. The summed E-state index contributed by atoms with van der Waals surface area (Å²) in [5, 5.41) is 0. The predicted molar refractivity (Wildman–Crippen MR) is 65.6 cm³/mol. The smallest absolute Gasteiger partial charge is 0.0947 e. The van der Waals surface area contributed by atoms with E-state index in [9.17, 15) is 0 Å². The van der Waals surface area contributed by atoms with Crippen LogP contribution in [0, 0.1) is 11.3 Å². The van der Waals surface area contributed by atoms with Crippen LogP contribution in [-0.2, 0) is 11.3 Å². The molecule has 94 valence electrons. The number of nitrogens with zero attached hydrogens (tertiary/aromatic N) is 1. The van der Waals surface area contributed by atoms with Gasteiger partial charge < -0.3 is 9.15 Å². The first-order valence-electron chi connectivity index (χ1n) is 6.55. The van der Waals surface area contributed by atoms with Gasteiger partial charge in [-0.25, -0.2) is 0 Å². The van der Waals surface area contributed by atoms with E-state index in [4.69, 9.17) is 9.15 Å². The van der Waals surface area contributed by atoms with Crippen LogP contribution in [0.5, 0.6) is 0 Å². The lowest BCUT2D eigenvalue weighted by Crippen LogP contribution is -2.31. The molecule has 0 amide bonds. The summed E-state index contributed by atoms with van der Waals surface area (Å²) in [6.45, 7) is 4.38. The van der Waals surface area contributed by atoms with Crippen LogP contribution < -0.4 is 0 Å². The fourth-order valence-electron chi connectivity index (χ4n) is 3.81. The maximum absolute atomic E-state index is 5.47. The maximum atomic E-state index is 5.47. The second-order valence-corrected chi connectivity index (χ2v) is 5.69. The van der Waals surface area contributed by atoms with Crippen molar-refractivity contribution in [2.24, 2.45) is 11.3 Å². The summed E-state index contributed by atoms with van der Waals surface area (Å²) in [5.74, 6) is 0.842. The third kappa shape index (κ3) is 2.02. The standard InChI is InChI=1S/C14H21NO2/c1-16-11-14-5-2-3-13(14)8-15(10-14)7-12-4-6-17-9-12/h4,6,9,13H,2-3,5,7-8,10-11H2,1H3/t13-,14+/m1/s1. The van der Waals surface area contributed by atoms with Crippen LogP contribution in [0.3, 0.4) is 0 Å². The molecule has 2 fully saturated rings. The van der Waals surface area contributed by atoms with Gasteiger partial charge in [0.05, 0.1) is 19.1 Å². The van der Waals surface area contributed by atoms with E-state index in [1.165, 1.54) is 37.9 Å². The molecule has 1 aromatic rings. The van der Waals surface area contributed by atoms with Crippen LogP contribution in [0.1, 0.15) is 24.8 Å². The predicted octanol–water partition coefficient (Wildman–Crippen LogP) is 2.53. The van der Waals surface area contributed by atoms with Gasteiger partial charge in [-0.1, -0.05) is 6.42 Å². The number of likely N-dealkylation sites (tertiary alicyclic amines) is 1. The number of methoxy groups -OCH3 is 1. The molecule has 0 aromatic carbocycles. The summed E-state index contributed by atoms with van der Waals surface area (Å²) in [6, 6.07) is 2.07. The van der Waals surface area contributed by atoms with E-state index >= 15 is 0 Å². The zero-order chi connectivity index (χ0) is 11.7. The Hall–Kier alpha value is -0.800. The summed E-state index contributed by atoms with van der Waals surface area (Å²) < 4.78 is 10.6. The first-order chi connectivity index (χ1) is 8.32. The van der Waals surface area contributed by atoms with Gasteiger partial charge >= 0.3 is 0 Å². The van der Waals surface area contributed by atoms with Gasteiger partial charge in [-0.3, -0.25) is 4.90 Å². The Kier molecular flexibility index (Phi) is 2.97. The maximum Gasteiger partial charge on any atom is 0.0947 e. The van der Waals surface area contributed by atoms with Crippen LogP contribution in [0.15, 0.2) is 23.0 Å². The molecule has 2 aliphatic rings. The van der Waals surface area contributed by atoms with E-state index in [2.05, 4.69) is 11.0 Å². The van der Waals surface area contributed by atoms with E-state index in [-0.39, 0.29) is 0 Å². The topological polar surface area (TPSA) is 25.6 Å².